The zero-order chi connectivity index (χ0) is 23.7. The highest BCUT2D eigenvalue weighted by Gasteiger charge is 2.45. The molecule has 1 aliphatic rings. The number of aromatic nitrogens is 1. The van der Waals surface area contributed by atoms with Gasteiger partial charge in [-0.1, -0.05) is 36.4 Å². The Balaban J connectivity index is 1.23. The van der Waals surface area contributed by atoms with Crippen LogP contribution in [0.1, 0.15) is 36.0 Å². The lowest BCUT2D eigenvalue weighted by atomic mass is 9.92. The van der Waals surface area contributed by atoms with Gasteiger partial charge in [-0.05, 0) is 66.8 Å². The van der Waals surface area contributed by atoms with Crippen molar-refractivity contribution >= 4 is 40.4 Å². The molecule has 34 heavy (non-hydrogen) atoms. The van der Waals surface area contributed by atoms with E-state index in [2.05, 4.69) is 15.6 Å². The van der Waals surface area contributed by atoms with E-state index in [-0.39, 0.29) is 24.2 Å². The molecule has 0 bridgehead atoms. The zero-order valence-corrected chi connectivity index (χ0v) is 18.8. The summed E-state index contributed by atoms with van der Waals surface area (Å²) in [5, 5.41) is 15.2. The minimum atomic E-state index is -0.781. The second kappa shape index (κ2) is 8.67. The Morgan fingerprint density at radius 3 is 2.53 bits per heavy atom. The van der Waals surface area contributed by atoms with Crippen molar-refractivity contribution < 1.29 is 19.1 Å². The second-order valence-corrected chi connectivity index (χ2v) is 8.91. The normalized spacial score (nSPS) is 14.0. The fraction of sp³-hybridized carbons (Fsp3) is 0.222. The number of carbonyl (C=O) groups is 2. The van der Waals surface area contributed by atoms with Gasteiger partial charge in [-0.3, -0.25) is 9.59 Å². The molecule has 1 fully saturated rings. The maximum absolute atomic E-state index is 12.6. The number of nitrogens with one attached hydrogen (secondary N) is 2. The summed E-state index contributed by atoms with van der Waals surface area (Å²) in [5.41, 5.74) is 5.61. The smallest absolute Gasteiger partial charge is 0.304 e. The standard InChI is InChI=1S/C27H25N3O4/c1-17-4-2-3-5-21(17)29-26-30-22-11-6-18(14-23(22)34-26)15-24(31)28-20-9-7-19(8-10-20)27(12-13-27)16-25(32)33/h2-11,14H,12-13,15-16H2,1H3,(H,28,31)(H,29,30)(H,32,33). The molecule has 3 aromatic carbocycles. The van der Waals surface area contributed by atoms with Gasteiger partial charge in [0.1, 0.15) is 5.52 Å². The molecule has 7 heteroatoms. The Morgan fingerprint density at radius 2 is 1.82 bits per heavy atom. The molecule has 7 nitrogen and oxygen atoms in total. The van der Waals surface area contributed by atoms with Crippen molar-refractivity contribution in [1.29, 1.82) is 0 Å². The summed E-state index contributed by atoms with van der Waals surface area (Å²) < 4.78 is 5.85. The van der Waals surface area contributed by atoms with Crippen LogP contribution in [-0.2, 0) is 21.4 Å². The van der Waals surface area contributed by atoms with E-state index in [0.29, 0.717) is 22.8 Å². The molecule has 1 heterocycles. The van der Waals surface area contributed by atoms with E-state index < -0.39 is 5.97 Å². The van der Waals surface area contributed by atoms with E-state index in [0.717, 1.165) is 35.2 Å². The Kier molecular flexibility index (Phi) is 5.53. The number of nitrogens with zero attached hydrogens (tertiary/aromatic N) is 1. The molecule has 1 aromatic heterocycles. The van der Waals surface area contributed by atoms with Gasteiger partial charge in [-0.25, -0.2) is 0 Å². The first kappa shape index (κ1) is 21.7. The topological polar surface area (TPSA) is 104 Å². The van der Waals surface area contributed by atoms with Gasteiger partial charge >= 0.3 is 5.97 Å². The molecule has 1 amide bonds. The third-order valence-corrected chi connectivity index (χ3v) is 6.33. The zero-order valence-electron chi connectivity index (χ0n) is 18.8. The van der Waals surface area contributed by atoms with Crippen LogP contribution < -0.4 is 10.6 Å². The molecule has 1 saturated carbocycles. The van der Waals surface area contributed by atoms with Crippen molar-refractivity contribution in [1.82, 2.24) is 4.98 Å². The molecule has 1 aliphatic carbocycles. The summed E-state index contributed by atoms with van der Waals surface area (Å²) in [5.74, 6) is -0.923. The van der Waals surface area contributed by atoms with Crippen LogP contribution in [0.4, 0.5) is 17.4 Å². The van der Waals surface area contributed by atoms with Crippen molar-refractivity contribution in [2.75, 3.05) is 10.6 Å². The molecule has 0 unspecified atom stereocenters. The van der Waals surface area contributed by atoms with Crippen LogP contribution >= 0.6 is 0 Å². The van der Waals surface area contributed by atoms with Gasteiger partial charge in [0, 0.05) is 16.8 Å². The number of hydrogen-bond donors (Lipinski definition) is 3. The van der Waals surface area contributed by atoms with Crippen LogP contribution in [-0.4, -0.2) is 22.0 Å². The van der Waals surface area contributed by atoms with Crippen molar-refractivity contribution in [3.8, 4) is 0 Å². The van der Waals surface area contributed by atoms with E-state index in [9.17, 15) is 9.59 Å². The molecule has 5 rings (SSSR count). The predicted octanol–water partition coefficient (Wildman–Crippen LogP) is 5.57. The third-order valence-electron chi connectivity index (χ3n) is 6.33. The number of benzene rings is 3. The molecule has 0 radical (unpaired) electrons. The number of hydrogen-bond acceptors (Lipinski definition) is 5. The van der Waals surface area contributed by atoms with Crippen molar-refractivity contribution in [3.63, 3.8) is 0 Å². The number of aryl methyl sites for hydroxylation is 1. The number of amides is 1. The van der Waals surface area contributed by atoms with E-state index in [1.54, 1.807) is 0 Å². The molecule has 0 aliphatic heterocycles. The first-order valence-electron chi connectivity index (χ1n) is 11.2. The summed E-state index contributed by atoms with van der Waals surface area (Å²) >= 11 is 0. The summed E-state index contributed by atoms with van der Waals surface area (Å²) in [6.07, 6.45) is 2.11. The van der Waals surface area contributed by atoms with Crippen molar-refractivity contribution in [3.05, 3.63) is 83.4 Å². The molecule has 4 aromatic rings. The Hall–Kier alpha value is -4.13. The van der Waals surface area contributed by atoms with E-state index in [4.69, 9.17) is 9.52 Å². The minimum Gasteiger partial charge on any atom is -0.481 e. The van der Waals surface area contributed by atoms with Gasteiger partial charge < -0.3 is 20.2 Å². The highest BCUT2D eigenvalue weighted by Crippen LogP contribution is 2.51. The molecular formula is C27H25N3O4. The van der Waals surface area contributed by atoms with Gasteiger partial charge in [-0.15, -0.1) is 0 Å². The van der Waals surface area contributed by atoms with Crippen LogP contribution in [0.2, 0.25) is 0 Å². The SMILES string of the molecule is Cc1ccccc1Nc1nc2ccc(CC(=O)Nc3ccc(C4(CC(=O)O)CC4)cc3)cc2o1. The molecule has 3 N–H and O–H groups in total. The summed E-state index contributed by atoms with van der Waals surface area (Å²) in [6, 6.07) is 21.3. The summed E-state index contributed by atoms with van der Waals surface area (Å²) in [6.45, 7) is 2.01. The Bertz CT molecular complexity index is 1370. The fourth-order valence-corrected chi connectivity index (χ4v) is 4.27. The van der Waals surface area contributed by atoms with Crippen LogP contribution in [0.3, 0.4) is 0 Å². The number of para-hydroxylation sites is 1. The fourth-order valence-electron chi connectivity index (χ4n) is 4.27. The van der Waals surface area contributed by atoms with Crippen molar-refractivity contribution in [2.24, 2.45) is 0 Å². The predicted molar refractivity (Wildman–Crippen MR) is 130 cm³/mol. The number of anilines is 3. The summed E-state index contributed by atoms with van der Waals surface area (Å²) in [7, 11) is 0. The number of aliphatic carboxylic acids is 1. The number of rotatable bonds is 8. The first-order chi connectivity index (χ1) is 16.4. The number of carboxylic acids is 1. The lowest BCUT2D eigenvalue weighted by Crippen LogP contribution is -2.15. The van der Waals surface area contributed by atoms with Gasteiger partial charge in [-0.2, -0.15) is 4.98 Å². The monoisotopic (exact) mass is 455 g/mol. The van der Waals surface area contributed by atoms with E-state index in [1.165, 1.54) is 0 Å². The number of fused-ring (bicyclic) bond motifs is 1. The highest BCUT2D eigenvalue weighted by molar-refractivity contribution is 5.93. The van der Waals surface area contributed by atoms with Gasteiger partial charge in [0.2, 0.25) is 5.91 Å². The maximum Gasteiger partial charge on any atom is 0.304 e. The van der Waals surface area contributed by atoms with Crippen LogP contribution in [0, 0.1) is 6.92 Å². The molecule has 0 atom stereocenters. The van der Waals surface area contributed by atoms with E-state index >= 15 is 0 Å². The minimum absolute atomic E-state index is 0.142. The van der Waals surface area contributed by atoms with Crippen LogP contribution in [0.25, 0.3) is 11.1 Å². The van der Waals surface area contributed by atoms with E-state index in [1.807, 2.05) is 73.7 Å². The number of oxazole rings is 1. The third kappa shape index (κ3) is 4.64. The van der Waals surface area contributed by atoms with Gasteiger partial charge in [0.05, 0.1) is 12.8 Å². The average Bonchev–Trinajstić information content (AvgIpc) is 3.46. The Morgan fingerprint density at radius 1 is 1.06 bits per heavy atom. The molecule has 0 saturated heterocycles. The molecule has 172 valence electrons. The first-order valence-corrected chi connectivity index (χ1v) is 11.2. The van der Waals surface area contributed by atoms with Gasteiger partial charge in [0.15, 0.2) is 5.58 Å². The quantitative estimate of drug-likeness (QED) is 0.321. The van der Waals surface area contributed by atoms with Gasteiger partial charge in [0.25, 0.3) is 6.01 Å². The van der Waals surface area contributed by atoms with Crippen molar-refractivity contribution in [2.45, 2.75) is 38.0 Å². The molecule has 0 spiro atoms. The Labute approximate surface area is 196 Å². The highest BCUT2D eigenvalue weighted by atomic mass is 16.4. The molecular weight excluding hydrogens is 430 g/mol. The summed E-state index contributed by atoms with van der Waals surface area (Å²) in [4.78, 5) is 28.2. The van der Waals surface area contributed by atoms with Crippen LogP contribution in [0.5, 0.6) is 0 Å². The average molecular weight is 456 g/mol. The largest absolute Gasteiger partial charge is 0.481 e. The van der Waals surface area contributed by atoms with Crippen LogP contribution in [0.15, 0.2) is 71.1 Å². The number of carbonyl (C=O) groups excluding carboxylic acids is 1. The maximum atomic E-state index is 12.6. The lowest BCUT2D eigenvalue weighted by Gasteiger charge is -2.14. The second-order valence-electron chi connectivity index (χ2n) is 8.91. The lowest BCUT2D eigenvalue weighted by molar-refractivity contribution is -0.137. The number of carboxylic acid groups (broad SMARTS) is 1.